The summed E-state index contributed by atoms with van der Waals surface area (Å²) in [5.74, 6) is 2.89. The molecule has 3 aromatic rings. The molecular formula is C28H26N2O5. The zero-order valence-electron chi connectivity index (χ0n) is 19.6. The Morgan fingerprint density at radius 2 is 1.60 bits per heavy atom. The molecule has 0 spiro atoms. The first-order valence-electron chi connectivity index (χ1n) is 11.6. The minimum Gasteiger partial charge on any atom is -0.493 e. The predicted octanol–water partition coefficient (Wildman–Crippen LogP) is 5.41. The average Bonchev–Trinajstić information content (AvgIpc) is 3.29. The van der Waals surface area contributed by atoms with Gasteiger partial charge in [0.25, 0.3) is 0 Å². The number of para-hydroxylation sites is 2. The van der Waals surface area contributed by atoms with Gasteiger partial charge in [-0.1, -0.05) is 24.3 Å². The van der Waals surface area contributed by atoms with Gasteiger partial charge in [-0.15, -0.1) is 0 Å². The fourth-order valence-corrected chi connectivity index (χ4v) is 5.18. The van der Waals surface area contributed by atoms with Crippen LogP contribution in [-0.4, -0.2) is 26.8 Å². The number of anilines is 2. The second-order valence-corrected chi connectivity index (χ2v) is 8.90. The van der Waals surface area contributed by atoms with Crippen molar-refractivity contribution in [2.75, 3.05) is 31.6 Å². The summed E-state index contributed by atoms with van der Waals surface area (Å²) < 4.78 is 22.0. The molecule has 1 aliphatic carbocycles. The SMILES string of the molecule is COc1ccc([C@@H]2CC(=O)C3=C(C2)Nc2ccccc2N[C@@H]3c2ccc3c(c2)OCO3)cc1OC. The van der Waals surface area contributed by atoms with Crippen LogP contribution in [0.4, 0.5) is 11.4 Å². The molecular weight excluding hydrogens is 444 g/mol. The highest BCUT2D eigenvalue weighted by atomic mass is 16.7. The van der Waals surface area contributed by atoms with Crippen molar-refractivity contribution in [1.29, 1.82) is 0 Å². The molecule has 6 rings (SSSR count). The van der Waals surface area contributed by atoms with Gasteiger partial charge in [0.15, 0.2) is 28.8 Å². The van der Waals surface area contributed by atoms with Crippen LogP contribution in [0.5, 0.6) is 23.0 Å². The molecule has 0 saturated carbocycles. The Morgan fingerprint density at radius 3 is 2.43 bits per heavy atom. The van der Waals surface area contributed by atoms with E-state index in [-0.39, 0.29) is 24.5 Å². The highest BCUT2D eigenvalue weighted by Gasteiger charge is 2.36. The summed E-state index contributed by atoms with van der Waals surface area (Å²) in [6, 6.07) is 19.5. The van der Waals surface area contributed by atoms with E-state index >= 15 is 0 Å². The van der Waals surface area contributed by atoms with Gasteiger partial charge < -0.3 is 29.6 Å². The lowest BCUT2D eigenvalue weighted by molar-refractivity contribution is -0.116. The number of carbonyl (C=O) groups is 1. The Bertz CT molecular complexity index is 1350. The lowest BCUT2D eigenvalue weighted by Crippen LogP contribution is -2.26. The van der Waals surface area contributed by atoms with Crippen molar-refractivity contribution in [1.82, 2.24) is 0 Å². The lowest BCUT2D eigenvalue weighted by Gasteiger charge is -2.30. The molecule has 2 atom stereocenters. The van der Waals surface area contributed by atoms with Crippen LogP contribution in [0.25, 0.3) is 0 Å². The molecule has 7 heteroatoms. The van der Waals surface area contributed by atoms with Gasteiger partial charge in [0.2, 0.25) is 6.79 Å². The molecule has 3 aromatic carbocycles. The van der Waals surface area contributed by atoms with Crippen molar-refractivity contribution in [3.63, 3.8) is 0 Å². The van der Waals surface area contributed by atoms with E-state index < -0.39 is 0 Å². The summed E-state index contributed by atoms with van der Waals surface area (Å²) in [6.07, 6.45) is 1.11. The third-order valence-corrected chi connectivity index (χ3v) is 6.92. The molecule has 3 aliphatic rings. The van der Waals surface area contributed by atoms with Crippen molar-refractivity contribution < 1.29 is 23.7 Å². The van der Waals surface area contributed by atoms with Gasteiger partial charge in [-0.25, -0.2) is 0 Å². The average molecular weight is 471 g/mol. The molecule has 0 radical (unpaired) electrons. The minimum absolute atomic E-state index is 0.0243. The summed E-state index contributed by atoms with van der Waals surface area (Å²) in [5.41, 5.74) is 5.59. The van der Waals surface area contributed by atoms with E-state index in [1.165, 1.54) is 0 Å². The van der Waals surface area contributed by atoms with E-state index in [9.17, 15) is 4.79 Å². The second-order valence-electron chi connectivity index (χ2n) is 8.90. The third-order valence-electron chi connectivity index (χ3n) is 6.92. The number of Topliss-reactive ketones (excluding diaryl/α,β-unsaturated/α-hetero) is 1. The number of carbonyl (C=O) groups excluding carboxylic acids is 1. The molecule has 2 N–H and O–H groups in total. The van der Waals surface area contributed by atoms with E-state index in [0.29, 0.717) is 30.1 Å². The molecule has 2 aliphatic heterocycles. The van der Waals surface area contributed by atoms with Crippen molar-refractivity contribution in [2.45, 2.75) is 24.8 Å². The number of ketones is 1. The molecule has 0 unspecified atom stereocenters. The van der Waals surface area contributed by atoms with Crippen molar-refractivity contribution in [2.24, 2.45) is 0 Å². The molecule has 178 valence electrons. The second kappa shape index (κ2) is 8.58. The molecule has 0 amide bonds. The summed E-state index contributed by atoms with van der Waals surface area (Å²) in [6.45, 7) is 0.209. The topological polar surface area (TPSA) is 78.1 Å². The number of fused-ring (bicyclic) bond motifs is 2. The largest absolute Gasteiger partial charge is 0.493 e. The fourth-order valence-electron chi connectivity index (χ4n) is 5.18. The van der Waals surface area contributed by atoms with Crippen LogP contribution in [0.1, 0.15) is 35.9 Å². The number of methoxy groups -OCH3 is 2. The number of rotatable bonds is 4. The number of hydrogen-bond donors (Lipinski definition) is 2. The molecule has 0 aromatic heterocycles. The number of benzene rings is 3. The third kappa shape index (κ3) is 3.73. The van der Waals surface area contributed by atoms with Crippen molar-refractivity contribution >= 4 is 17.2 Å². The van der Waals surface area contributed by atoms with E-state index in [1.54, 1.807) is 14.2 Å². The maximum absolute atomic E-state index is 13.8. The fraction of sp³-hybridized carbons (Fsp3) is 0.250. The van der Waals surface area contributed by atoms with Gasteiger partial charge in [0.05, 0.1) is 31.6 Å². The lowest BCUT2D eigenvalue weighted by atomic mass is 9.78. The summed E-state index contributed by atoms with van der Waals surface area (Å²) in [5, 5.41) is 7.19. The standard InChI is InChI=1S/C28H26N2O5/c1-32-23-9-7-16(13-25(23)33-2)18-11-21-27(22(31)12-18)28(30-20-6-4-3-5-19(20)29-21)17-8-10-24-26(14-17)35-15-34-24/h3-10,13-14,18,28-30H,11-12,15H2,1-2H3/t18-,28+/m0/s1. The molecule has 0 fully saturated rings. The molecule has 0 saturated heterocycles. The quantitative estimate of drug-likeness (QED) is 0.528. The Labute approximate surface area is 203 Å². The van der Waals surface area contributed by atoms with Crippen LogP contribution >= 0.6 is 0 Å². The zero-order chi connectivity index (χ0) is 23.9. The number of allylic oxidation sites excluding steroid dienone is 1. The maximum Gasteiger partial charge on any atom is 0.231 e. The van der Waals surface area contributed by atoms with Gasteiger partial charge in [-0.3, -0.25) is 4.79 Å². The van der Waals surface area contributed by atoms with Crippen LogP contribution < -0.4 is 29.6 Å². The van der Waals surface area contributed by atoms with Crippen LogP contribution in [0.3, 0.4) is 0 Å². The monoisotopic (exact) mass is 470 g/mol. The Morgan fingerprint density at radius 1 is 0.829 bits per heavy atom. The van der Waals surface area contributed by atoms with Gasteiger partial charge in [-0.05, 0) is 59.9 Å². The summed E-state index contributed by atoms with van der Waals surface area (Å²) in [7, 11) is 3.24. The summed E-state index contributed by atoms with van der Waals surface area (Å²) >= 11 is 0. The van der Waals surface area contributed by atoms with Gasteiger partial charge in [0.1, 0.15) is 0 Å². The molecule has 35 heavy (non-hydrogen) atoms. The smallest absolute Gasteiger partial charge is 0.231 e. The Balaban J connectivity index is 1.42. The predicted molar refractivity (Wildman–Crippen MR) is 133 cm³/mol. The van der Waals surface area contributed by atoms with Crippen LogP contribution in [0.2, 0.25) is 0 Å². The van der Waals surface area contributed by atoms with E-state index in [0.717, 1.165) is 39.5 Å². The van der Waals surface area contributed by atoms with E-state index in [4.69, 9.17) is 18.9 Å². The highest BCUT2D eigenvalue weighted by molar-refractivity contribution is 6.01. The first-order valence-corrected chi connectivity index (χ1v) is 11.6. The molecule has 0 bridgehead atoms. The highest BCUT2D eigenvalue weighted by Crippen LogP contribution is 2.46. The Hall–Kier alpha value is -4.13. The Kier molecular flexibility index (Phi) is 5.25. The summed E-state index contributed by atoms with van der Waals surface area (Å²) in [4.78, 5) is 13.8. The minimum atomic E-state index is -0.311. The van der Waals surface area contributed by atoms with Gasteiger partial charge >= 0.3 is 0 Å². The van der Waals surface area contributed by atoms with Crippen molar-refractivity contribution in [3.05, 3.63) is 83.1 Å². The van der Waals surface area contributed by atoms with E-state index in [2.05, 4.69) is 10.6 Å². The van der Waals surface area contributed by atoms with E-state index in [1.807, 2.05) is 60.7 Å². The number of ether oxygens (including phenoxy) is 4. The van der Waals surface area contributed by atoms with Crippen LogP contribution in [-0.2, 0) is 4.79 Å². The van der Waals surface area contributed by atoms with Gasteiger partial charge in [-0.2, -0.15) is 0 Å². The van der Waals surface area contributed by atoms with Crippen LogP contribution in [0.15, 0.2) is 71.9 Å². The molecule has 2 heterocycles. The normalized spacial score (nSPS) is 20.2. The van der Waals surface area contributed by atoms with Gasteiger partial charge in [0, 0.05) is 17.7 Å². The first kappa shape index (κ1) is 21.4. The number of hydrogen-bond acceptors (Lipinski definition) is 7. The first-order chi connectivity index (χ1) is 17.1. The zero-order valence-corrected chi connectivity index (χ0v) is 19.6. The van der Waals surface area contributed by atoms with Crippen LogP contribution in [0, 0.1) is 0 Å². The number of nitrogens with one attached hydrogen (secondary N) is 2. The van der Waals surface area contributed by atoms with Crippen molar-refractivity contribution in [3.8, 4) is 23.0 Å². The molecule has 7 nitrogen and oxygen atoms in total. The maximum atomic E-state index is 13.8.